The Kier molecular flexibility index (Phi) is 2.88. The molecule has 0 spiro atoms. The first-order chi connectivity index (χ1) is 11.8. The fourth-order valence-corrected chi connectivity index (χ4v) is 3.17. The van der Waals surface area contributed by atoms with Gasteiger partial charge in [-0.3, -0.25) is 4.79 Å². The van der Waals surface area contributed by atoms with Crippen LogP contribution in [-0.2, 0) is 13.1 Å². The van der Waals surface area contributed by atoms with Crippen LogP contribution in [0.3, 0.4) is 0 Å². The molecule has 1 aliphatic carbocycles. The van der Waals surface area contributed by atoms with Crippen LogP contribution in [0, 0.1) is 0 Å². The molecule has 24 heavy (non-hydrogen) atoms. The van der Waals surface area contributed by atoms with Gasteiger partial charge in [-0.1, -0.05) is 5.16 Å². The van der Waals surface area contributed by atoms with Crippen LogP contribution < -0.4 is 0 Å². The average Bonchev–Trinajstić information content (AvgIpc) is 3.06. The highest BCUT2D eigenvalue weighted by Crippen LogP contribution is 2.40. The van der Waals surface area contributed by atoms with Crippen LogP contribution in [-0.4, -0.2) is 32.1 Å². The Morgan fingerprint density at radius 2 is 2.21 bits per heavy atom. The van der Waals surface area contributed by atoms with Crippen molar-refractivity contribution in [3.05, 3.63) is 47.9 Å². The third-order valence-corrected chi connectivity index (χ3v) is 4.65. The minimum Gasteiger partial charge on any atom is -0.463 e. The lowest BCUT2D eigenvalue weighted by molar-refractivity contribution is 0.0697. The minimum absolute atomic E-state index is 0.0977. The maximum Gasteiger partial charge on any atom is 0.276 e. The zero-order valence-corrected chi connectivity index (χ0v) is 13.0. The van der Waals surface area contributed by atoms with E-state index in [1.807, 2.05) is 12.1 Å². The lowest BCUT2D eigenvalue weighted by Gasteiger charge is -2.27. The molecule has 1 fully saturated rings. The average molecular weight is 324 g/mol. The van der Waals surface area contributed by atoms with E-state index in [0.717, 1.165) is 35.9 Å². The molecule has 0 radical (unpaired) electrons. The van der Waals surface area contributed by atoms with Gasteiger partial charge in [0, 0.05) is 25.1 Å². The maximum atomic E-state index is 12.6. The van der Waals surface area contributed by atoms with E-state index in [1.54, 1.807) is 23.4 Å². The second-order valence-electron chi connectivity index (χ2n) is 6.30. The van der Waals surface area contributed by atoms with Gasteiger partial charge in [-0.15, -0.1) is 0 Å². The molecule has 7 heteroatoms. The largest absolute Gasteiger partial charge is 0.463 e. The molecule has 2 aliphatic rings. The van der Waals surface area contributed by atoms with Crippen molar-refractivity contribution >= 4 is 5.91 Å². The molecule has 3 aromatic rings. The fraction of sp³-hybridized carbons (Fsp3) is 0.353. The van der Waals surface area contributed by atoms with Crippen molar-refractivity contribution in [1.29, 1.82) is 0 Å². The van der Waals surface area contributed by atoms with Crippen LogP contribution in [0.5, 0.6) is 0 Å². The summed E-state index contributed by atoms with van der Waals surface area (Å²) in [6, 6.07) is 5.56. The quantitative estimate of drug-likeness (QED) is 0.740. The molecule has 1 aliphatic heterocycles. The minimum atomic E-state index is -0.0977. The van der Waals surface area contributed by atoms with E-state index in [2.05, 4.69) is 14.7 Å². The first kappa shape index (κ1) is 13.6. The second-order valence-corrected chi connectivity index (χ2v) is 6.30. The third kappa shape index (κ3) is 2.16. The molecule has 0 aromatic carbocycles. The number of amides is 1. The number of hydrogen-bond donors (Lipinski definition) is 0. The molecule has 0 unspecified atom stereocenters. The molecular formula is C17H16N4O3. The molecule has 5 rings (SSSR count). The fourth-order valence-electron chi connectivity index (χ4n) is 3.17. The summed E-state index contributed by atoms with van der Waals surface area (Å²) in [6.45, 7) is 1.76. The first-order valence-corrected chi connectivity index (χ1v) is 8.14. The molecule has 1 amide bonds. The van der Waals surface area contributed by atoms with Gasteiger partial charge < -0.3 is 18.4 Å². The number of carbonyl (C=O) groups excluding carboxylic acids is 1. The summed E-state index contributed by atoms with van der Waals surface area (Å²) in [6.07, 6.45) is 5.69. The van der Waals surface area contributed by atoms with Crippen molar-refractivity contribution in [1.82, 2.24) is 19.6 Å². The van der Waals surface area contributed by atoms with Gasteiger partial charge in [0.2, 0.25) is 0 Å². The van der Waals surface area contributed by atoms with Gasteiger partial charge >= 0.3 is 0 Å². The molecular weight excluding hydrogens is 308 g/mol. The Balaban J connectivity index is 1.37. The van der Waals surface area contributed by atoms with Crippen LogP contribution in [0.15, 0.2) is 39.6 Å². The number of aromatic nitrogens is 3. The van der Waals surface area contributed by atoms with Crippen molar-refractivity contribution in [3.8, 4) is 11.5 Å². The smallest absolute Gasteiger partial charge is 0.276 e. The Bertz CT molecular complexity index is 889. The molecule has 122 valence electrons. The molecule has 3 aromatic heterocycles. The Hall–Kier alpha value is -2.83. The number of fused-ring (bicyclic) bond motifs is 1. The molecule has 0 atom stereocenters. The summed E-state index contributed by atoms with van der Waals surface area (Å²) in [5.41, 5.74) is 1.34. The number of rotatable bonds is 3. The standard InChI is InChI=1S/C17H16N4O3/c22-17(12-8-15(24-19-12)11-3-4-11)20-5-6-21-13(9-18-16(21)10-20)14-2-1-7-23-14/h1-2,7-9,11H,3-6,10H2. The van der Waals surface area contributed by atoms with E-state index in [1.165, 1.54) is 0 Å². The van der Waals surface area contributed by atoms with Crippen LogP contribution in [0.4, 0.5) is 0 Å². The predicted molar refractivity (Wildman–Crippen MR) is 83.1 cm³/mol. The van der Waals surface area contributed by atoms with Gasteiger partial charge in [0.15, 0.2) is 11.5 Å². The molecule has 1 saturated carbocycles. The highest BCUT2D eigenvalue weighted by atomic mass is 16.5. The van der Waals surface area contributed by atoms with Crippen molar-refractivity contribution < 1.29 is 13.7 Å². The number of imidazole rings is 1. The van der Waals surface area contributed by atoms with Gasteiger partial charge in [-0.05, 0) is 25.0 Å². The normalized spacial score (nSPS) is 17.1. The summed E-state index contributed by atoms with van der Waals surface area (Å²) >= 11 is 0. The van der Waals surface area contributed by atoms with Crippen LogP contribution >= 0.6 is 0 Å². The molecule has 0 saturated heterocycles. The molecule has 0 bridgehead atoms. The highest BCUT2D eigenvalue weighted by molar-refractivity contribution is 5.92. The monoisotopic (exact) mass is 324 g/mol. The van der Waals surface area contributed by atoms with Crippen molar-refractivity contribution in [2.45, 2.75) is 31.8 Å². The van der Waals surface area contributed by atoms with E-state index < -0.39 is 0 Å². The van der Waals surface area contributed by atoms with Gasteiger partial charge in [-0.25, -0.2) is 4.98 Å². The second kappa shape index (κ2) is 5.09. The summed E-state index contributed by atoms with van der Waals surface area (Å²) in [7, 11) is 0. The molecule has 4 heterocycles. The van der Waals surface area contributed by atoms with Gasteiger partial charge in [0.1, 0.15) is 17.3 Å². The maximum absolute atomic E-state index is 12.6. The lowest BCUT2D eigenvalue weighted by Crippen LogP contribution is -2.38. The molecule has 7 nitrogen and oxygen atoms in total. The SMILES string of the molecule is O=C(c1cc(C2CC2)on1)N1CCn2c(-c3ccco3)cnc2C1. The van der Waals surface area contributed by atoms with E-state index in [9.17, 15) is 4.79 Å². The number of furan rings is 1. The van der Waals surface area contributed by atoms with E-state index >= 15 is 0 Å². The summed E-state index contributed by atoms with van der Waals surface area (Å²) in [5, 5.41) is 3.95. The van der Waals surface area contributed by atoms with Crippen LogP contribution in [0.2, 0.25) is 0 Å². The first-order valence-electron chi connectivity index (χ1n) is 8.14. The van der Waals surface area contributed by atoms with E-state index in [4.69, 9.17) is 8.94 Å². The summed E-state index contributed by atoms with van der Waals surface area (Å²) in [5.74, 6) is 2.83. The number of carbonyl (C=O) groups is 1. The van der Waals surface area contributed by atoms with Crippen molar-refractivity contribution in [3.63, 3.8) is 0 Å². The predicted octanol–water partition coefficient (Wildman–Crippen LogP) is 2.66. The van der Waals surface area contributed by atoms with Crippen LogP contribution in [0.1, 0.15) is 40.8 Å². The van der Waals surface area contributed by atoms with E-state index in [0.29, 0.717) is 31.2 Å². The van der Waals surface area contributed by atoms with Gasteiger partial charge in [-0.2, -0.15) is 0 Å². The Labute approximate surface area is 137 Å². The van der Waals surface area contributed by atoms with Gasteiger partial charge in [0.05, 0.1) is 19.0 Å². The van der Waals surface area contributed by atoms with Crippen molar-refractivity contribution in [2.24, 2.45) is 0 Å². The van der Waals surface area contributed by atoms with E-state index in [-0.39, 0.29) is 5.91 Å². The highest BCUT2D eigenvalue weighted by Gasteiger charge is 2.31. The summed E-state index contributed by atoms with van der Waals surface area (Å²) < 4.78 is 12.8. The summed E-state index contributed by atoms with van der Waals surface area (Å²) in [4.78, 5) is 18.9. The topological polar surface area (TPSA) is 77.3 Å². The zero-order valence-electron chi connectivity index (χ0n) is 13.0. The third-order valence-electron chi connectivity index (χ3n) is 4.65. The zero-order chi connectivity index (χ0) is 16.1. The number of nitrogens with zero attached hydrogens (tertiary/aromatic N) is 4. The Morgan fingerprint density at radius 1 is 1.29 bits per heavy atom. The Morgan fingerprint density at radius 3 is 3.00 bits per heavy atom. The molecule has 0 N–H and O–H groups in total. The van der Waals surface area contributed by atoms with Crippen LogP contribution in [0.25, 0.3) is 11.5 Å². The number of hydrogen-bond acceptors (Lipinski definition) is 5. The lowest BCUT2D eigenvalue weighted by atomic mass is 10.2. The van der Waals surface area contributed by atoms with Crippen molar-refractivity contribution in [2.75, 3.05) is 6.54 Å². The van der Waals surface area contributed by atoms with Gasteiger partial charge in [0.25, 0.3) is 5.91 Å².